The first-order valence-electron chi connectivity index (χ1n) is 28.8. The predicted octanol–water partition coefficient (Wildman–Crippen LogP) is 19.4. The number of rotatable bonds is 50. The standard InChI is InChI=1S/C65H104O6/c1-4-7-10-13-16-19-22-25-28-31-34-37-40-43-46-49-52-55-58-64(67)70-61-62(60-69-63(66)57-54-51-48-45-42-39-36-33-30-27-24-21-18-15-12-9-6-3)71-65(68)59-56-53-50-47-44-41-38-35-32-29-26-23-20-17-14-11-8-5-2/h10,13,16,18-19,21-22,25,27-32,34-39,45,48,62H,4-9,11-12,14-15,17,20,23-24,26,33,40-44,46-47,49-61H2,1-3H3/b13-10-,19-16-,21-18-,25-22-,30-27-,31-28-,32-29-,37-34-,38-35-,39-36-,48-45-. The van der Waals surface area contributed by atoms with Crippen LogP contribution in [-0.2, 0) is 28.6 Å². The quantitative estimate of drug-likeness (QED) is 0.0199. The van der Waals surface area contributed by atoms with E-state index in [0.717, 1.165) is 109 Å². The smallest absolute Gasteiger partial charge is 0.306 e. The van der Waals surface area contributed by atoms with Crippen LogP contribution in [0.5, 0.6) is 0 Å². The average molecular weight is 982 g/mol. The minimum absolute atomic E-state index is 0.119. The fourth-order valence-corrected chi connectivity index (χ4v) is 7.40. The number of esters is 3. The highest BCUT2D eigenvalue weighted by atomic mass is 16.6. The van der Waals surface area contributed by atoms with Gasteiger partial charge in [-0.15, -0.1) is 0 Å². The van der Waals surface area contributed by atoms with Crippen molar-refractivity contribution in [3.05, 3.63) is 134 Å². The van der Waals surface area contributed by atoms with Gasteiger partial charge in [-0.3, -0.25) is 14.4 Å². The summed E-state index contributed by atoms with van der Waals surface area (Å²) in [7, 11) is 0. The highest BCUT2D eigenvalue weighted by molar-refractivity contribution is 5.71. The Kier molecular flexibility index (Phi) is 54.5. The van der Waals surface area contributed by atoms with Crippen LogP contribution in [0.1, 0.15) is 239 Å². The van der Waals surface area contributed by atoms with E-state index in [2.05, 4.69) is 130 Å². The lowest BCUT2D eigenvalue weighted by molar-refractivity contribution is -0.167. The Morgan fingerprint density at radius 1 is 0.296 bits per heavy atom. The minimum Gasteiger partial charge on any atom is -0.462 e. The van der Waals surface area contributed by atoms with E-state index in [-0.39, 0.29) is 44.0 Å². The molecule has 1 unspecified atom stereocenters. The second-order valence-corrected chi connectivity index (χ2v) is 18.6. The zero-order valence-electron chi connectivity index (χ0n) is 45.7. The van der Waals surface area contributed by atoms with E-state index in [9.17, 15) is 14.4 Å². The molecule has 6 heteroatoms. The van der Waals surface area contributed by atoms with Crippen LogP contribution in [0, 0.1) is 0 Å². The van der Waals surface area contributed by atoms with Crippen molar-refractivity contribution in [1.29, 1.82) is 0 Å². The van der Waals surface area contributed by atoms with Gasteiger partial charge >= 0.3 is 17.9 Å². The summed E-state index contributed by atoms with van der Waals surface area (Å²) in [5.41, 5.74) is 0. The second-order valence-electron chi connectivity index (χ2n) is 18.6. The number of carbonyl (C=O) groups excluding carboxylic acids is 3. The van der Waals surface area contributed by atoms with Gasteiger partial charge in [0.1, 0.15) is 13.2 Å². The molecule has 400 valence electrons. The zero-order chi connectivity index (χ0) is 51.4. The SMILES string of the molecule is CCC\C=C/C=C\C=C/C=C\C=C/CCCCCCCC(=O)OCC(COC(=O)CCC/C=C\C/C=C\C/C=C\C/C=C\CCCCC)OC(=O)CCCCCCC/C=C\C=C/CCCCCCCCC. The lowest BCUT2D eigenvalue weighted by Gasteiger charge is -2.18. The summed E-state index contributed by atoms with van der Waals surface area (Å²) in [5, 5.41) is 0. The molecule has 0 amide bonds. The first-order chi connectivity index (χ1) is 35.0. The van der Waals surface area contributed by atoms with Gasteiger partial charge in [-0.25, -0.2) is 0 Å². The summed E-state index contributed by atoms with van der Waals surface area (Å²) in [6, 6.07) is 0. The van der Waals surface area contributed by atoms with Gasteiger partial charge < -0.3 is 14.2 Å². The van der Waals surface area contributed by atoms with E-state index in [1.165, 1.54) is 83.5 Å². The fraction of sp³-hybridized carbons (Fsp3) is 0.615. The summed E-state index contributed by atoms with van der Waals surface area (Å²) in [4.78, 5) is 38.2. The molecule has 0 heterocycles. The van der Waals surface area contributed by atoms with Gasteiger partial charge in [-0.2, -0.15) is 0 Å². The Balaban J connectivity index is 4.58. The maximum atomic E-state index is 12.9. The second kappa shape index (κ2) is 58.1. The summed E-state index contributed by atoms with van der Waals surface area (Å²) in [6.45, 7) is 6.43. The molecule has 71 heavy (non-hydrogen) atoms. The fourth-order valence-electron chi connectivity index (χ4n) is 7.40. The lowest BCUT2D eigenvalue weighted by Crippen LogP contribution is -2.30. The van der Waals surface area contributed by atoms with E-state index in [0.29, 0.717) is 12.8 Å². The van der Waals surface area contributed by atoms with Crippen molar-refractivity contribution >= 4 is 17.9 Å². The van der Waals surface area contributed by atoms with Gasteiger partial charge in [0, 0.05) is 19.3 Å². The number of unbranched alkanes of at least 4 members (excludes halogenated alkanes) is 22. The van der Waals surface area contributed by atoms with Crippen molar-refractivity contribution in [3.63, 3.8) is 0 Å². The summed E-state index contributed by atoms with van der Waals surface area (Å²) < 4.78 is 16.8. The Labute approximate surface area is 436 Å². The molecule has 0 aromatic rings. The summed E-state index contributed by atoms with van der Waals surface area (Å²) in [6.07, 6.45) is 81.5. The summed E-state index contributed by atoms with van der Waals surface area (Å²) >= 11 is 0. The maximum absolute atomic E-state index is 12.9. The number of hydrogen-bond acceptors (Lipinski definition) is 6. The predicted molar refractivity (Wildman–Crippen MR) is 306 cm³/mol. The van der Waals surface area contributed by atoms with Crippen LogP contribution in [0.15, 0.2) is 134 Å². The van der Waals surface area contributed by atoms with E-state index in [4.69, 9.17) is 14.2 Å². The van der Waals surface area contributed by atoms with E-state index >= 15 is 0 Å². The van der Waals surface area contributed by atoms with Crippen LogP contribution < -0.4 is 0 Å². The normalized spacial score (nSPS) is 13.1. The number of hydrogen-bond donors (Lipinski definition) is 0. The molecule has 0 N–H and O–H groups in total. The molecule has 0 aromatic carbocycles. The Morgan fingerprint density at radius 2 is 0.606 bits per heavy atom. The van der Waals surface area contributed by atoms with Crippen LogP contribution in [0.3, 0.4) is 0 Å². The van der Waals surface area contributed by atoms with Crippen molar-refractivity contribution in [2.24, 2.45) is 0 Å². The molecule has 0 spiro atoms. The zero-order valence-corrected chi connectivity index (χ0v) is 45.7. The molecule has 0 rings (SSSR count). The molecule has 0 aliphatic rings. The number of allylic oxidation sites excluding steroid dienone is 22. The van der Waals surface area contributed by atoms with Crippen molar-refractivity contribution in [2.75, 3.05) is 13.2 Å². The van der Waals surface area contributed by atoms with Gasteiger partial charge in [0.25, 0.3) is 0 Å². The Hall–Kier alpha value is -4.45. The minimum atomic E-state index is -0.825. The monoisotopic (exact) mass is 981 g/mol. The Morgan fingerprint density at radius 3 is 1.07 bits per heavy atom. The highest BCUT2D eigenvalue weighted by Gasteiger charge is 2.19. The molecular weight excluding hydrogens is 877 g/mol. The van der Waals surface area contributed by atoms with Gasteiger partial charge in [-0.1, -0.05) is 251 Å². The van der Waals surface area contributed by atoms with E-state index in [1.54, 1.807) is 0 Å². The molecule has 6 nitrogen and oxygen atoms in total. The molecular formula is C65H104O6. The van der Waals surface area contributed by atoms with Gasteiger partial charge in [0.2, 0.25) is 0 Å². The molecule has 0 aliphatic carbocycles. The van der Waals surface area contributed by atoms with Crippen LogP contribution in [0.2, 0.25) is 0 Å². The molecule has 0 saturated carbocycles. The van der Waals surface area contributed by atoms with Gasteiger partial charge in [-0.05, 0) is 103 Å². The lowest BCUT2D eigenvalue weighted by atomic mass is 10.1. The van der Waals surface area contributed by atoms with Gasteiger partial charge in [0.05, 0.1) is 0 Å². The summed E-state index contributed by atoms with van der Waals surface area (Å²) in [5.74, 6) is -1.02. The van der Waals surface area contributed by atoms with Crippen LogP contribution in [0.4, 0.5) is 0 Å². The van der Waals surface area contributed by atoms with Gasteiger partial charge in [0.15, 0.2) is 6.10 Å². The first-order valence-corrected chi connectivity index (χ1v) is 28.8. The average Bonchev–Trinajstić information content (AvgIpc) is 3.37. The third-order valence-electron chi connectivity index (χ3n) is 11.7. The molecule has 1 atom stereocenters. The van der Waals surface area contributed by atoms with E-state index in [1.807, 2.05) is 24.3 Å². The third-order valence-corrected chi connectivity index (χ3v) is 11.7. The molecule has 0 aliphatic heterocycles. The largest absolute Gasteiger partial charge is 0.462 e. The highest BCUT2D eigenvalue weighted by Crippen LogP contribution is 2.13. The topological polar surface area (TPSA) is 78.9 Å². The van der Waals surface area contributed by atoms with Crippen LogP contribution in [0.25, 0.3) is 0 Å². The van der Waals surface area contributed by atoms with Crippen molar-refractivity contribution < 1.29 is 28.6 Å². The molecule has 0 fully saturated rings. The maximum Gasteiger partial charge on any atom is 0.306 e. The van der Waals surface area contributed by atoms with Crippen LogP contribution >= 0.6 is 0 Å². The van der Waals surface area contributed by atoms with Crippen LogP contribution in [-0.4, -0.2) is 37.2 Å². The molecule has 0 bridgehead atoms. The first kappa shape index (κ1) is 66.6. The third kappa shape index (κ3) is 56.3. The van der Waals surface area contributed by atoms with Crippen molar-refractivity contribution in [2.45, 2.75) is 245 Å². The molecule has 0 saturated heterocycles. The van der Waals surface area contributed by atoms with E-state index < -0.39 is 6.10 Å². The molecule has 0 radical (unpaired) electrons. The Bertz CT molecular complexity index is 1550. The number of ether oxygens (including phenoxy) is 3. The van der Waals surface area contributed by atoms with Crippen molar-refractivity contribution in [3.8, 4) is 0 Å². The number of carbonyl (C=O) groups is 3. The molecule has 0 aromatic heterocycles. The van der Waals surface area contributed by atoms with Crippen molar-refractivity contribution in [1.82, 2.24) is 0 Å².